The maximum Gasteiger partial charge on any atom is 0.0305 e. The fourth-order valence-corrected chi connectivity index (χ4v) is 2.25. The number of pyridine rings is 1. The lowest BCUT2D eigenvalue weighted by Gasteiger charge is -2.32. The Morgan fingerprint density at radius 1 is 1.50 bits per heavy atom. The molecule has 2 heterocycles. The molecule has 1 atom stereocenters. The first-order chi connectivity index (χ1) is 6.71. The van der Waals surface area contributed by atoms with Crippen LogP contribution in [0.2, 0.25) is 0 Å². The Labute approximate surface area is 85.7 Å². The highest BCUT2D eigenvalue weighted by atomic mass is 15.0. The maximum atomic E-state index is 4.19. The van der Waals surface area contributed by atoms with Gasteiger partial charge in [0.15, 0.2) is 0 Å². The minimum atomic E-state index is 0.199. The van der Waals surface area contributed by atoms with Crippen LogP contribution in [0.25, 0.3) is 0 Å². The third-order valence-corrected chi connectivity index (χ3v) is 3.34. The van der Waals surface area contributed by atoms with Crippen molar-refractivity contribution in [3.05, 3.63) is 30.1 Å². The molecular weight excluding hydrogens is 172 g/mol. The molecule has 1 aliphatic rings. The summed E-state index contributed by atoms with van der Waals surface area (Å²) in [6, 6.07) is 4.80. The highest BCUT2D eigenvalue weighted by Crippen LogP contribution is 2.30. The average Bonchev–Trinajstić information content (AvgIpc) is 2.72. The van der Waals surface area contributed by atoms with Gasteiger partial charge in [0.1, 0.15) is 0 Å². The summed E-state index contributed by atoms with van der Waals surface area (Å²) in [6.07, 6.45) is 6.40. The van der Waals surface area contributed by atoms with Gasteiger partial charge in [0, 0.05) is 23.9 Å². The minimum Gasteiger partial charge on any atom is -0.313 e. The third-order valence-electron chi connectivity index (χ3n) is 3.34. The van der Waals surface area contributed by atoms with Crippen LogP contribution in [0, 0.1) is 0 Å². The van der Waals surface area contributed by atoms with Crippen molar-refractivity contribution < 1.29 is 0 Å². The van der Waals surface area contributed by atoms with Crippen LogP contribution in [0.5, 0.6) is 0 Å². The maximum absolute atomic E-state index is 4.19. The van der Waals surface area contributed by atoms with Crippen LogP contribution >= 0.6 is 0 Å². The second-order valence-electron chi connectivity index (χ2n) is 4.61. The van der Waals surface area contributed by atoms with Crippen molar-refractivity contribution in [1.29, 1.82) is 0 Å². The lowest BCUT2D eigenvalue weighted by Crippen LogP contribution is -2.40. The van der Waals surface area contributed by atoms with Crippen LogP contribution in [0.4, 0.5) is 0 Å². The lowest BCUT2D eigenvalue weighted by molar-refractivity contribution is 0.376. The smallest absolute Gasteiger partial charge is 0.0305 e. The molecule has 76 valence electrons. The van der Waals surface area contributed by atoms with Crippen LogP contribution in [-0.2, 0) is 5.41 Å². The Morgan fingerprint density at radius 3 is 2.93 bits per heavy atom. The van der Waals surface area contributed by atoms with Crippen molar-refractivity contribution in [1.82, 2.24) is 10.3 Å². The number of rotatable bonds is 2. The van der Waals surface area contributed by atoms with Gasteiger partial charge in [-0.2, -0.15) is 0 Å². The van der Waals surface area contributed by atoms with Crippen LogP contribution in [0.15, 0.2) is 24.5 Å². The molecule has 0 aromatic carbocycles. The quantitative estimate of drug-likeness (QED) is 0.772. The highest BCUT2D eigenvalue weighted by molar-refractivity contribution is 5.22. The first-order valence-electron chi connectivity index (χ1n) is 5.35. The van der Waals surface area contributed by atoms with Gasteiger partial charge in [-0.15, -0.1) is 0 Å². The first-order valence-corrected chi connectivity index (χ1v) is 5.35. The summed E-state index contributed by atoms with van der Waals surface area (Å²) in [5, 5.41) is 3.57. The van der Waals surface area contributed by atoms with Gasteiger partial charge < -0.3 is 5.32 Å². The molecule has 1 fully saturated rings. The van der Waals surface area contributed by atoms with E-state index in [0.717, 1.165) is 6.54 Å². The molecule has 14 heavy (non-hydrogen) atoms. The molecule has 0 aliphatic carbocycles. The molecule has 1 saturated heterocycles. The van der Waals surface area contributed by atoms with E-state index in [2.05, 4.69) is 30.2 Å². The van der Waals surface area contributed by atoms with Crippen LogP contribution in [0.1, 0.15) is 32.3 Å². The Hall–Kier alpha value is -0.890. The second kappa shape index (κ2) is 3.70. The summed E-state index contributed by atoms with van der Waals surface area (Å²) in [4.78, 5) is 4.19. The van der Waals surface area contributed by atoms with Gasteiger partial charge in [-0.05, 0) is 31.0 Å². The van der Waals surface area contributed by atoms with Gasteiger partial charge in [0.2, 0.25) is 0 Å². The van der Waals surface area contributed by atoms with Gasteiger partial charge in [-0.3, -0.25) is 4.98 Å². The topological polar surface area (TPSA) is 24.9 Å². The summed E-state index contributed by atoms with van der Waals surface area (Å²) < 4.78 is 0. The summed E-state index contributed by atoms with van der Waals surface area (Å²) in [5.41, 5.74) is 1.53. The average molecular weight is 190 g/mol. The third kappa shape index (κ3) is 1.67. The molecule has 2 nitrogen and oxygen atoms in total. The predicted molar refractivity (Wildman–Crippen MR) is 58.3 cm³/mol. The molecule has 1 N–H and O–H groups in total. The minimum absolute atomic E-state index is 0.199. The predicted octanol–water partition coefficient (Wildman–Crippen LogP) is 2.11. The number of hydrogen-bond donors (Lipinski definition) is 1. The Morgan fingerprint density at radius 2 is 2.36 bits per heavy atom. The Kier molecular flexibility index (Phi) is 2.55. The highest BCUT2D eigenvalue weighted by Gasteiger charge is 2.32. The summed E-state index contributed by atoms with van der Waals surface area (Å²) in [5.74, 6) is 0. The van der Waals surface area contributed by atoms with E-state index in [9.17, 15) is 0 Å². The Bertz CT molecular complexity index is 286. The van der Waals surface area contributed by atoms with E-state index in [1.54, 1.807) is 0 Å². The van der Waals surface area contributed by atoms with Crippen molar-refractivity contribution in [3.63, 3.8) is 0 Å². The summed E-state index contributed by atoms with van der Waals surface area (Å²) in [6.45, 7) is 5.76. The van der Waals surface area contributed by atoms with Crippen LogP contribution in [0.3, 0.4) is 0 Å². The molecule has 0 spiro atoms. The number of nitrogens with zero attached hydrogens (tertiary/aromatic N) is 1. The Balaban J connectivity index is 2.22. The molecular formula is C12H18N2. The zero-order chi connectivity index (χ0) is 10.0. The van der Waals surface area contributed by atoms with Crippen LogP contribution < -0.4 is 5.32 Å². The largest absolute Gasteiger partial charge is 0.313 e. The SMILES string of the molecule is CC(C)(c1cccnc1)C1CCCN1. The zero-order valence-electron chi connectivity index (χ0n) is 8.96. The van der Waals surface area contributed by atoms with Crippen molar-refractivity contribution in [3.8, 4) is 0 Å². The van der Waals surface area contributed by atoms with Gasteiger partial charge in [-0.1, -0.05) is 19.9 Å². The fourth-order valence-electron chi connectivity index (χ4n) is 2.25. The van der Waals surface area contributed by atoms with E-state index in [4.69, 9.17) is 0 Å². The van der Waals surface area contributed by atoms with E-state index in [1.807, 2.05) is 18.5 Å². The van der Waals surface area contributed by atoms with E-state index >= 15 is 0 Å². The van der Waals surface area contributed by atoms with Crippen molar-refractivity contribution >= 4 is 0 Å². The second-order valence-corrected chi connectivity index (χ2v) is 4.61. The van der Waals surface area contributed by atoms with Crippen molar-refractivity contribution in [2.45, 2.75) is 38.1 Å². The fraction of sp³-hybridized carbons (Fsp3) is 0.583. The molecule has 0 bridgehead atoms. The molecule has 0 amide bonds. The molecule has 1 aromatic rings. The molecule has 1 aliphatic heterocycles. The molecule has 1 unspecified atom stereocenters. The standard InChI is InChI=1S/C12H18N2/c1-12(2,11-6-4-8-14-11)10-5-3-7-13-9-10/h3,5,7,9,11,14H,4,6,8H2,1-2H3. The van der Waals surface area contributed by atoms with Gasteiger partial charge >= 0.3 is 0 Å². The van der Waals surface area contributed by atoms with Crippen LogP contribution in [-0.4, -0.2) is 17.6 Å². The number of hydrogen-bond acceptors (Lipinski definition) is 2. The van der Waals surface area contributed by atoms with E-state index in [-0.39, 0.29) is 5.41 Å². The first kappa shape index (κ1) is 9.66. The van der Waals surface area contributed by atoms with Crippen molar-refractivity contribution in [2.24, 2.45) is 0 Å². The summed E-state index contributed by atoms with van der Waals surface area (Å²) in [7, 11) is 0. The molecule has 2 rings (SSSR count). The van der Waals surface area contributed by atoms with E-state index in [0.29, 0.717) is 6.04 Å². The normalized spacial score (nSPS) is 22.6. The monoisotopic (exact) mass is 190 g/mol. The molecule has 0 radical (unpaired) electrons. The van der Waals surface area contributed by atoms with E-state index < -0.39 is 0 Å². The zero-order valence-corrected chi connectivity index (χ0v) is 8.96. The molecule has 0 saturated carbocycles. The van der Waals surface area contributed by atoms with Gasteiger partial charge in [0.25, 0.3) is 0 Å². The lowest BCUT2D eigenvalue weighted by atomic mass is 9.78. The molecule has 2 heteroatoms. The number of aromatic nitrogens is 1. The van der Waals surface area contributed by atoms with Crippen molar-refractivity contribution in [2.75, 3.05) is 6.54 Å². The molecule has 1 aromatic heterocycles. The van der Waals surface area contributed by atoms with Gasteiger partial charge in [-0.25, -0.2) is 0 Å². The van der Waals surface area contributed by atoms with Gasteiger partial charge in [0.05, 0.1) is 0 Å². The van der Waals surface area contributed by atoms with E-state index in [1.165, 1.54) is 18.4 Å². The number of nitrogens with one attached hydrogen (secondary N) is 1. The summed E-state index contributed by atoms with van der Waals surface area (Å²) >= 11 is 0.